The molecule has 0 bridgehead atoms. The molecule has 0 saturated carbocycles. The molecule has 0 radical (unpaired) electrons. The van der Waals surface area contributed by atoms with Crippen molar-refractivity contribution in [2.24, 2.45) is 0 Å². The van der Waals surface area contributed by atoms with Gasteiger partial charge < -0.3 is 0 Å². The van der Waals surface area contributed by atoms with E-state index in [-0.39, 0.29) is 16.7 Å². The Morgan fingerprint density at radius 2 is 1.94 bits per heavy atom. The molecule has 0 atom stereocenters. The van der Waals surface area contributed by atoms with Gasteiger partial charge in [-0.15, -0.1) is 0 Å². The van der Waals surface area contributed by atoms with Crippen molar-refractivity contribution in [1.82, 2.24) is 14.5 Å². The lowest BCUT2D eigenvalue weighted by Gasteiger charge is -2.07. The molecule has 2 heterocycles. The molecule has 0 aliphatic heterocycles. The smallest absolute Gasteiger partial charge is 0.295 e. The van der Waals surface area contributed by atoms with Crippen molar-refractivity contribution in [2.75, 3.05) is 0 Å². The Morgan fingerprint density at radius 1 is 1.22 bits per heavy atom. The fourth-order valence-corrected chi connectivity index (χ4v) is 1.93. The third-order valence-corrected chi connectivity index (χ3v) is 3.03. The molecule has 2 aromatic heterocycles. The summed E-state index contributed by atoms with van der Waals surface area (Å²) in [4.78, 5) is 28.6. The minimum absolute atomic E-state index is 0.0763. The minimum Gasteiger partial charge on any atom is -0.295 e. The van der Waals surface area contributed by atoms with Crippen LogP contribution in [0.15, 0.2) is 28.0 Å². The van der Waals surface area contributed by atoms with Crippen LogP contribution in [0.25, 0.3) is 0 Å². The number of hydrogen-bond acceptors (Lipinski definition) is 3. The minimum atomic E-state index is -0.627. The molecule has 94 valence electrons. The topological polar surface area (TPSA) is 67.8 Å². The van der Waals surface area contributed by atoms with Crippen LogP contribution in [0.1, 0.15) is 5.56 Å². The Labute approximate surface area is 116 Å². The lowest BCUT2D eigenvalue weighted by atomic mass is 10.3. The number of aromatic amines is 1. The summed E-state index contributed by atoms with van der Waals surface area (Å²) in [6.45, 7) is 0.137. The Hall–Kier alpha value is -1.30. The first-order valence-electron chi connectivity index (χ1n) is 4.76. The lowest BCUT2D eigenvalue weighted by molar-refractivity contribution is 0.718. The third-order valence-electron chi connectivity index (χ3n) is 2.20. The van der Waals surface area contributed by atoms with Crippen LogP contribution in [0.3, 0.4) is 0 Å². The van der Waals surface area contributed by atoms with Crippen LogP contribution in [-0.2, 0) is 6.54 Å². The van der Waals surface area contributed by atoms with Crippen LogP contribution < -0.4 is 11.2 Å². The maximum Gasteiger partial charge on any atom is 0.328 e. The van der Waals surface area contributed by atoms with E-state index in [9.17, 15) is 9.59 Å². The molecule has 18 heavy (non-hydrogen) atoms. The number of rotatable bonds is 2. The fraction of sp³-hybridized carbons (Fsp3) is 0.100. The van der Waals surface area contributed by atoms with Gasteiger partial charge in [-0.25, -0.2) is 9.78 Å². The Kier molecular flexibility index (Phi) is 3.75. The van der Waals surface area contributed by atoms with Gasteiger partial charge >= 0.3 is 5.69 Å². The fourth-order valence-electron chi connectivity index (χ4n) is 1.34. The second kappa shape index (κ2) is 5.14. The van der Waals surface area contributed by atoms with Crippen LogP contribution in [0.4, 0.5) is 0 Å². The molecule has 0 amide bonds. The molecule has 0 fully saturated rings. The normalized spacial score (nSPS) is 10.6. The molecule has 0 aliphatic carbocycles. The summed E-state index contributed by atoms with van der Waals surface area (Å²) in [6, 6.07) is 1.47. The van der Waals surface area contributed by atoms with Crippen molar-refractivity contribution >= 4 is 34.8 Å². The number of hydrogen-bond donors (Lipinski definition) is 1. The van der Waals surface area contributed by atoms with Crippen LogP contribution in [0.5, 0.6) is 0 Å². The van der Waals surface area contributed by atoms with Gasteiger partial charge in [0.15, 0.2) is 0 Å². The van der Waals surface area contributed by atoms with E-state index in [1.165, 1.54) is 23.0 Å². The average Bonchev–Trinajstić information content (AvgIpc) is 2.29. The van der Waals surface area contributed by atoms with Crippen molar-refractivity contribution in [3.05, 3.63) is 60.1 Å². The van der Waals surface area contributed by atoms with Crippen LogP contribution in [0.2, 0.25) is 15.2 Å². The largest absolute Gasteiger partial charge is 0.328 e. The molecule has 8 heteroatoms. The second-order valence-electron chi connectivity index (χ2n) is 3.46. The van der Waals surface area contributed by atoms with Crippen LogP contribution in [-0.4, -0.2) is 14.5 Å². The molecule has 0 saturated heterocycles. The number of nitrogens with one attached hydrogen (secondary N) is 1. The van der Waals surface area contributed by atoms with Gasteiger partial charge in [-0.3, -0.25) is 14.3 Å². The van der Waals surface area contributed by atoms with Crippen LogP contribution in [0, 0.1) is 0 Å². The highest BCUT2D eigenvalue weighted by molar-refractivity contribution is 6.34. The van der Waals surface area contributed by atoms with Gasteiger partial charge in [0, 0.05) is 18.0 Å². The molecule has 1 N–H and O–H groups in total. The molecule has 2 aromatic rings. The standard InChI is InChI=1S/C10H6Cl3N3O2/c11-6-1-8(13)14-2-5(6)3-16-4-7(12)9(17)15-10(16)18/h1-2,4H,3H2,(H,15,17,18). The van der Waals surface area contributed by atoms with Gasteiger partial charge in [0.1, 0.15) is 10.2 Å². The number of H-pyrrole nitrogens is 1. The van der Waals surface area contributed by atoms with Crippen molar-refractivity contribution in [2.45, 2.75) is 6.54 Å². The SMILES string of the molecule is O=c1[nH]c(=O)n(Cc2cnc(Cl)cc2Cl)cc1Cl. The van der Waals surface area contributed by atoms with Gasteiger partial charge in [0.2, 0.25) is 0 Å². The van der Waals surface area contributed by atoms with E-state index in [0.29, 0.717) is 10.6 Å². The predicted molar refractivity (Wildman–Crippen MR) is 69.7 cm³/mol. The van der Waals surface area contributed by atoms with Gasteiger partial charge in [-0.1, -0.05) is 34.8 Å². The monoisotopic (exact) mass is 305 g/mol. The summed E-state index contributed by atoms with van der Waals surface area (Å²) in [5, 5.41) is 0.562. The van der Waals surface area contributed by atoms with E-state index in [1.807, 2.05) is 0 Å². The first kappa shape index (κ1) is 13.1. The number of pyridine rings is 1. The zero-order valence-electron chi connectivity index (χ0n) is 8.78. The van der Waals surface area contributed by atoms with Crippen molar-refractivity contribution in [3.63, 3.8) is 0 Å². The highest BCUT2D eigenvalue weighted by Crippen LogP contribution is 2.19. The Balaban J connectivity index is 2.43. The summed E-state index contributed by atoms with van der Waals surface area (Å²) in [5.41, 5.74) is -0.611. The van der Waals surface area contributed by atoms with E-state index in [1.54, 1.807) is 0 Å². The molecule has 5 nitrogen and oxygen atoms in total. The molecule has 0 aromatic carbocycles. The van der Waals surface area contributed by atoms with Crippen molar-refractivity contribution in [3.8, 4) is 0 Å². The van der Waals surface area contributed by atoms with E-state index < -0.39 is 11.2 Å². The number of halogens is 3. The lowest BCUT2D eigenvalue weighted by Crippen LogP contribution is -2.30. The van der Waals surface area contributed by atoms with E-state index in [4.69, 9.17) is 34.8 Å². The summed E-state index contributed by atoms with van der Waals surface area (Å²) in [5.74, 6) is 0. The molecular formula is C10H6Cl3N3O2. The summed E-state index contributed by atoms with van der Waals surface area (Å²) >= 11 is 17.3. The summed E-state index contributed by atoms with van der Waals surface area (Å²) in [7, 11) is 0. The predicted octanol–water partition coefficient (Wildman–Crippen LogP) is 1.94. The highest BCUT2D eigenvalue weighted by Gasteiger charge is 2.07. The Morgan fingerprint density at radius 3 is 2.61 bits per heavy atom. The second-order valence-corrected chi connectivity index (χ2v) is 4.66. The summed E-state index contributed by atoms with van der Waals surface area (Å²) in [6.07, 6.45) is 2.70. The van der Waals surface area contributed by atoms with Gasteiger partial charge in [0.25, 0.3) is 5.56 Å². The maximum absolute atomic E-state index is 11.5. The number of aromatic nitrogens is 3. The zero-order valence-corrected chi connectivity index (χ0v) is 11.1. The summed E-state index contributed by atoms with van der Waals surface area (Å²) < 4.78 is 1.22. The Bertz CT molecular complexity index is 708. The third kappa shape index (κ3) is 2.75. The average molecular weight is 307 g/mol. The maximum atomic E-state index is 11.5. The van der Waals surface area contributed by atoms with Gasteiger partial charge in [-0.2, -0.15) is 0 Å². The molecule has 2 rings (SSSR count). The molecular weight excluding hydrogens is 300 g/mol. The van der Waals surface area contributed by atoms with E-state index >= 15 is 0 Å². The number of nitrogens with zero attached hydrogens (tertiary/aromatic N) is 2. The highest BCUT2D eigenvalue weighted by atomic mass is 35.5. The zero-order chi connectivity index (χ0) is 13.3. The van der Waals surface area contributed by atoms with E-state index in [0.717, 1.165) is 0 Å². The van der Waals surface area contributed by atoms with Crippen molar-refractivity contribution < 1.29 is 0 Å². The molecule has 0 unspecified atom stereocenters. The molecule has 0 aliphatic rings. The van der Waals surface area contributed by atoms with Gasteiger partial charge in [-0.05, 0) is 6.07 Å². The quantitative estimate of drug-likeness (QED) is 0.862. The van der Waals surface area contributed by atoms with E-state index in [2.05, 4.69) is 9.97 Å². The first-order chi connectivity index (χ1) is 8.47. The van der Waals surface area contributed by atoms with Crippen LogP contribution >= 0.6 is 34.8 Å². The van der Waals surface area contributed by atoms with Gasteiger partial charge in [0.05, 0.1) is 11.6 Å². The molecule has 0 spiro atoms. The van der Waals surface area contributed by atoms with Crippen molar-refractivity contribution in [1.29, 1.82) is 0 Å². The first-order valence-corrected chi connectivity index (χ1v) is 5.90.